The molecule has 12 heavy (non-hydrogen) atoms. The lowest BCUT2D eigenvalue weighted by molar-refractivity contribution is 0.141. The Kier molecular flexibility index (Phi) is 2.84. The van der Waals surface area contributed by atoms with E-state index in [1.165, 1.54) is 0 Å². The second-order valence-corrected chi connectivity index (χ2v) is 3.22. The van der Waals surface area contributed by atoms with Crippen LogP contribution in [0.2, 0.25) is 0 Å². The highest BCUT2D eigenvalue weighted by molar-refractivity contribution is 5.22. The molecule has 2 nitrogen and oxygen atoms in total. The molecule has 0 aliphatic heterocycles. The van der Waals surface area contributed by atoms with Crippen LogP contribution >= 0.6 is 0 Å². The summed E-state index contributed by atoms with van der Waals surface area (Å²) in [6.45, 7) is 2.50. The van der Waals surface area contributed by atoms with Gasteiger partial charge in [-0.2, -0.15) is 0 Å². The Bertz CT molecular complexity index is 231. The first kappa shape index (κ1) is 9.23. The van der Waals surface area contributed by atoms with E-state index >= 15 is 0 Å². The second-order valence-electron chi connectivity index (χ2n) is 3.22. The molecule has 0 saturated carbocycles. The van der Waals surface area contributed by atoms with E-state index in [4.69, 9.17) is 10.5 Å². The lowest BCUT2D eigenvalue weighted by Gasteiger charge is -2.23. The Morgan fingerprint density at radius 2 is 1.92 bits per heavy atom. The Morgan fingerprint density at radius 1 is 1.33 bits per heavy atom. The molecule has 0 amide bonds. The van der Waals surface area contributed by atoms with Crippen molar-refractivity contribution in [3.05, 3.63) is 35.9 Å². The first-order valence-corrected chi connectivity index (χ1v) is 4.00. The number of hydrogen-bond acceptors (Lipinski definition) is 2. The van der Waals surface area contributed by atoms with Crippen LogP contribution in [-0.2, 0) is 10.3 Å². The van der Waals surface area contributed by atoms with Gasteiger partial charge in [0.05, 0.1) is 12.1 Å². The number of hydrogen-bond donors (Lipinski definition) is 1. The van der Waals surface area contributed by atoms with E-state index in [1.807, 2.05) is 37.3 Å². The van der Waals surface area contributed by atoms with Crippen molar-refractivity contribution in [3.8, 4) is 0 Å². The maximum atomic E-state index is 6.02. The smallest absolute Gasteiger partial charge is 0.0681 e. The highest BCUT2D eigenvalue weighted by atomic mass is 16.5. The van der Waals surface area contributed by atoms with E-state index in [2.05, 4.69) is 0 Å². The third-order valence-corrected chi connectivity index (χ3v) is 1.88. The molecule has 0 bridgehead atoms. The second kappa shape index (κ2) is 3.70. The fraction of sp³-hybridized carbons (Fsp3) is 0.400. The molecule has 2 heteroatoms. The molecule has 1 atom stereocenters. The van der Waals surface area contributed by atoms with Gasteiger partial charge in [-0.1, -0.05) is 30.3 Å². The van der Waals surface area contributed by atoms with Crippen molar-refractivity contribution < 1.29 is 4.74 Å². The number of rotatable bonds is 3. The van der Waals surface area contributed by atoms with Crippen molar-refractivity contribution in [3.63, 3.8) is 0 Å². The summed E-state index contributed by atoms with van der Waals surface area (Å²) in [4.78, 5) is 0. The Hall–Kier alpha value is -0.860. The lowest BCUT2D eigenvalue weighted by atomic mass is 9.94. The molecule has 1 unspecified atom stereocenters. The van der Waals surface area contributed by atoms with E-state index < -0.39 is 0 Å². The van der Waals surface area contributed by atoms with Crippen molar-refractivity contribution in [2.45, 2.75) is 12.5 Å². The van der Waals surface area contributed by atoms with Gasteiger partial charge in [0.2, 0.25) is 0 Å². The van der Waals surface area contributed by atoms with Gasteiger partial charge in [0.1, 0.15) is 0 Å². The quantitative estimate of drug-likeness (QED) is 0.736. The predicted octanol–water partition coefficient (Wildman–Crippen LogP) is 1.51. The van der Waals surface area contributed by atoms with Crippen molar-refractivity contribution in [1.82, 2.24) is 0 Å². The maximum Gasteiger partial charge on any atom is 0.0681 e. The summed E-state index contributed by atoms with van der Waals surface area (Å²) < 4.78 is 5.04. The summed E-state index contributed by atoms with van der Waals surface area (Å²) in [5, 5.41) is 0. The van der Waals surface area contributed by atoms with Gasteiger partial charge >= 0.3 is 0 Å². The molecule has 0 fully saturated rings. The molecule has 0 aliphatic rings. The average molecular weight is 165 g/mol. The van der Waals surface area contributed by atoms with E-state index in [1.54, 1.807) is 7.11 Å². The normalized spacial score (nSPS) is 15.6. The summed E-state index contributed by atoms with van der Waals surface area (Å²) in [6, 6.07) is 9.97. The Labute approximate surface area is 73.3 Å². The van der Waals surface area contributed by atoms with Gasteiger partial charge in [-0.05, 0) is 12.5 Å². The van der Waals surface area contributed by atoms with Crippen molar-refractivity contribution >= 4 is 0 Å². The van der Waals surface area contributed by atoms with E-state index in [0.29, 0.717) is 6.61 Å². The van der Waals surface area contributed by atoms with Crippen molar-refractivity contribution in [2.24, 2.45) is 5.73 Å². The fourth-order valence-corrected chi connectivity index (χ4v) is 1.20. The Morgan fingerprint density at radius 3 is 2.42 bits per heavy atom. The Balaban J connectivity index is 2.82. The molecule has 0 aromatic heterocycles. The van der Waals surface area contributed by atoms with Crippen LogP contribution in [0.4, 0.5) is 0 Å². The first-order chi connectivity index (χ1) is 5.67. The lowest BCUT2D eigenvalue weighted by Crippen LogP contribution is -2.37. The zero-order chi connectivity index (χ0) is 9.03. The standard InChI is InChI=1S/C10H15NO/c1-10(11,8-12-2)9-6-4-3-5-7-9/h3-7H,8,11H2,1-2H3. The van der Waals surface area contributed by atoms with Crippen LogP contribution < -0.4 is 5.73 Å². The zero-order valence-corrected chi connectivity index (χ0v) is 7.58. The van der Waals surface area contributed by atoms with Gasteiger partial charge in [0.25, 0.3) is 0 Å². The molecular weight excluding hydrogens is 150 g/mol. The predicted molar refractivity (Wildman–Crippen MR) is 49.9 cm³/mol. The van der Waals surface area contributed by atoms with Gasteiger partial charge < -0.3 is 10.5 Å². The molecule has 0 saturated heterocycles. The van der Waals surface area contributed by atoms with Crippen LogP contribution in [0.3, 0.4) is 0 Å². The monoisotopic (exact) mass is 165 g/mol. The number of methoxy groups -OCH3 is 1. The summed E-state index contributed by atoms with van der Waals surface area (Å²) >= 11 is 0. The molecule has 1 aromatic rings. The number of nitrogens with two attached hydrogens (primary N) is 1. The van der Waals surface area contributed by atoms with Crippen LogP contribution in [0, 0.1) is 0 Å². The minimum atomic E-state index is -0.379. The SMILES string of the molecule is COCC(C)(N)c1ccccc1. The van der Waals surface area contributed by atoms with Crippen molar-refractivity contribution in [1.29, 1.82) is 0 Å². The minimum Gasteiger partial charge on any atom is -0.382 e. The number of benzene rings is 1. The summed E-state index contributed by atoms with van der Waals surface area (Å²) in [5.74, 6) is 0. The van der Waals surface area contributed by atoms with Crippen LogP contribution in [0.1, 0.15) is 12.5 Å². The molecule has 0 radical (unpaired) electrons. The van der Waals surface area contributed by atoms with Crippen LogP contribution in [0.5, 0.6) is 0 Å². The van der Waals surface area contributed by atoms with Gasteiger partial charge in [-0.25, -0.2) is 0 Å². The van der Waals surface area contributed by atoms with Gasteiger partial charge in [-0.15, -0.1) is 0 Å². The third kappa shape index (κ3) is 2.06. The fourth-order valence-electron chi connectivity index (χ4n) is 1.20. The van der Waals surface area contributed by atoms with Gasteiger partial charge in [-0.3, -0.25) is 0 Å². The summed E-state index contributed by atoms with van der Waals surface area (Å²) in [5.41, 5.74) is 6.75. The molecule has 0 spiro atoms. The topological polar surface area (TPSA) is 35.2 Å². The minimum absolute atomic E-state index is 0.379. The molecule has 0 aliphatic carbocycles. The summed E-state index contributed by atoms with van der Waals surface area (Å²) in [7, 11) is 1.66. The average Bonchev–Trinajstić information content (AvgIpc) is 2.06. The van der Waals surface area contributed by atoms with E-state index in [0.717, 1.165) is 5.56 Å². The highest BCUT2D eigenvalue weighted by Crippen LogP contribution is 2.16. The molecule has 1 rings (SSSR count). The van der Waals surface area contributed by atoms with E-state index in [9.17, 15) is 0 Å². The largest absolute Gasteiger partial charge is 0.382 e. The highest BCUT2D eigenvalue weighted by Gasteiger charge is 2.19. The molecule has 0 heterocycles. The zero-order valence-electron chi connectivity index (χ0n) is 7.58. The van der Waals surface area contributed by atoms with Crippen LogP contribution in [-0.4, -0.2) is 13.7 Å². The molecular formula is C10H15NO. The molecule has 1 aromatic carbocycles. The third-order valence-electron chi connectivity index (χ3n) is 1.88. The van der Waals surface area contributed by atoms with Crippen molar-refractivity contribution in [2.75, 3.05) is 13.7 Å². The van der Waals surface area contributed by atoms with Crippen LogP contribution in [0.25, 0.3) is 0 Å². The number of ether oxygens (including phenoxy) is 1. The first-order valence-electron chi connectivity index (χ1n) is 4.00. The maximum absolute atomic E-state index is 6.02. The van der Waals surface area contributed by atoms with Gasteiger partial charge in [0, 0.05) is 7.11 Å². The van der Waals surface area contributed by atoms with E-state index in [-0.39, 0.29) is 5.54 Å². The summed E-state index contributed by atoms with van der Waals surface area (Å²) in [6.07, 6.45) is 0. The molecule has 66 valence electrons. The van der Waals surface area contributed by atoms with Crippen LogP contribution in [0.15, 0.2) is 30.3 Å². The molecule has 2 N–H and O–H groups in total. The van der Waals surface area contributed by atoms with Gasteiger partial charge in [0.15, 0.2) is 0 Å².